The average molecular weight is 896 g/mol. The Morgan fingerprint density at radius 3 is 2.34 bits per heavy atom. The van der Waals surface area contributed by atoms with Gasteiger partial charge in [0.05, 0.1) is 17.8 Å². The van der Waals surface area contributed by atoms with Gasteiger partial charge in [-0.25, -0.2) is 18.7 Å². The van der Waals surface area contributed by atoms with Crippen LogP contribution in [0, 0.1) is 17.0 Å². The van der Waals surface area contributed by atoms with Gasteiger partial charge in [0, 0.05) is 130 Å². The van der Waals surface area contributed by atoms with E-state index < -0.39 is 44.9 Å². The van der Waals surface area contributed by atoms with Gasteiger partial charge in [0.15, 0.2) is 5.82 Å². The van der Waals surface area contributed by atoms with Gasteiger partial charge in [-0.15, -0.1) is 0 Å². The number of piperazine rings is 1. The third-order valence-electron chi connectivity index (χ3n) is 12.6. The maximum atomic E-state index is 15.6. The van der Waals surface area contributed by atoms with Gasteiger partial charge in [-0.2, -0.15) is 12.7 Å². The Morgan fingerprint density at radius 2 is 1.66 bits per heavy atom. The molecule has 9 rings (SSSR count). The fraction of sp³-hybridized carbons (Fsp3) is 0.364. The van der Waals surface area contributed by atoms with Gasteiger partial charge in [0.1, 0.15) is 23.3 Å². The zero-order valence-corrected chi connectivity index (χ0v) is 36.1. The van der Waals surface area contributed by atoms with Gasteiger partial charge in [-0.3, -0.25) is 34.1 Å². The Labute approximate surface area is 368 Å². The standard InChI is InChI=1S/C44H47F2N11O6S/c1-3-53(2)64(62,63)52-34-10-9-33(45)39(40(34)46)41(60)32-21-49-42-31(32)18-28(20-48-42)27-4-12-36(47-19-27)56-23-44(24-56)25-57(26-44)38(59)22-54-14-16-55(17-15-54)30-7-5-29(6-8-30)50-35-11-13-37(58)51-43(35)61/h4-10,12,18-21,35,50,52H,3,11,13-17,22-26H2,1-2H3,(H,48,49)(H,51,58,61). The van der Waals surface area contributed by atoms with Crippen LogP contribution in [-0.4, -0.2) is 140 Å². The number of fused-ring (bicyclic) bond motifs is 1. The number of benzene rings is 2. The Morgan fingerprint density at radius 1 is 0.922 bits per heavy atom. The summed E-state index contributed by atoms with van der Waals surface area (Å²) in [6.07, 6.45) is 5.41. The second kappa shape index (κ2) is 16.9. The second-order valence-electron chi connectivity index (χ2n) is 16.9. The molecule has 64 heavy (non-hydrogen) atoms. The van der Waals surface area contributed by atoms with Crippen molar-refractivity contribution in [2.75, 3.05) is 92.3 Å². The Kier molecular flexibility index (Phi) is 11.3. The highest BCUT2D eigenvalue weighted by Crippen LogP contribution is 2.42. The zero-order chi connectivity index (χ0) is 44.9. The summed E-state index contributed by atoms with van der Waals surface area (Å²) in [5.41, 5.74) is 2.08. The zero-order valence-electron chi connectivity index (χ0n) is 35.2. The SMILES string of the molecule is CCN(C)S(=O)(=O)Nc1ccc(F)c(C(=O)c2c[nH]c3ncc(-c4ccc(N5CC6(CN(C(=O)CN7CCN(c8ccc(NC9CCC(=O)NC9=O)cc8)CC7)C6)C5)nc4)cc23)c1F. The van der Waals surface area contributed by atoms with Gasteiger partial charge in [0.25, 0.3) is 0 Å². The predicted molar refractivity (Wildman–Crippen MR) is 236 cm³/mol. The molecule has 17 nitrogen and oxygen atoms in total. The number of pyridine rings is 2. The summed E-state index contributed by atoms with van der Waals surface area (Å²) in [7, 11) is -2.84. The molecule has 0 radical (unpaired) electrons. The molecule has 0 saturated carbocycles. The first-order valence-corrected chi connectivity index (χ1v) is 22.5. The summed E-state index contributed by atoms with van der Waals surface area (Å²) < 4.78 is 58.8. The molecule has 4 fully saturated rings. The van der Waals surface area contributed by atoms with E-state index in [2.05, 4.69) is 40.0 Å². The van der Waals surface area contributed by atoms with Crippen molar-refractivity contribution in [1.29, 1.82) is 0 Å². The number of nitrogens with zero attached hydrogens (tertiary/aromatic N) is 7. The Balaban J connectivity index is 0.755. The molecule has 4 aliphatic rings. The number of carbonyl (C=O) groups excluding carboxylic acids is 4. The molecular formula is C44H47F2N11O6S. The van der Waals surface area contributed by atoms with E-state index in [0.29, 0.717) is 54.6 Å². The molecule has 334 valence electrons. The third-order valence-corrected chi connectivity index (χ3v) is 14.2. The number of rotatable bonds is 13. The predicted octanol–water partition coefficient (Wildman–Crippen LogP) is 3.43. The van der Waals surface area contributed by atoms with Crippen LogP contribution in [0.25, 0.3) is 22.2 Å². The van der Waals surface area contributed by atoms with Crippen molar-refractivity contribution in [3.63, 3.8) is 0 Å². The first-order chi connectivity index (χ1) is 30.7. The molecule has 2 aromatic carbocycles. The molecule has 20 heteroatoms. The third kappa shape index (κ3) is 8.35. The molecule has 4 saturated heterocycles. The molecule has 1 atom stereocenters. The summed E-state index contributed by atoms with van der Waals surface area (Å²) in [6, 6.07) is 14.7. The highest BCUT2D eigenvalue weighted by atomic mass is 32.2. The number of hydrogen-bond donors (Lipinski definition) is 4. The molecule has 3 amide bonds. The molecule has 7 heterocycles. The number of H-pyrrole nitrogens is 1. The van der Waals surface area contributed by atoms with Gasteiger partial charge >= 0.3 is 10.2 Å². The summed E-state index contributed by atoms with van der Waals surface area (Å²) in [4.78, 5) is 71.0. The van der Waals surface area contributed by atoms with E-state index in [9.17, 15) is 27.6 Å². The molecule has 4 N–H and O–H groups in total. The van der Waals surface area contributed by atoms with E-state index >= 15 is 8.78 Å². The lowest BCUT2D eigenvalue weighted by molar-refractivity contribution is -0.146. The lowest BCUT2D eigenvalue weighted by Gasteiger charge is -2.60. The highest BCUT2D eigenvalue weighted by molar-refractivity contribution is 7.90. The number of anilines is 4. The topological polar surface area (TPSA) is 196 Å². The molecule has 1 spiro atoms. The van der Waals surface area contributed by atoms with Gasteiger partial charge in [0.2, 0.25) is 23.5 Å². The van der Waals surface area contributed by atoms with Crippen LogP contribution in [0.4, 0.5) is 31.7 Å². The van der Waals surface area contributed by atoms with Crippen molar-refractivity contribution in [1.82, 2.24) is 34.4 Å². The first-order valence-electron chi connectivity index (χ1n) is 21.1. The van der Waals surface area contributed by atoms with Gasteiger partial charge < -0.3 is 25.0 Å². The largest absolute Gasteiger partial charge is 0.374 e. The van der Waals surface area contributed by atoms with Crippen LogP contribution < -0.4 is 25.2 Å². The Hall–Kier alpha value is -6.51. The molecule has 0 aliphatic carbocycles. The van der Waals surface area contributed by atoms with Crippen molar-refractivity contribution in [3.05, 3.63) is 95.9 Å². The first kappa shape index (κ1) is 42.8. The normalized spacial score (nSPS) is 18.8. The highest BCUT2D eigenvalue weighted by Gasteiger charge is 2.53. The number of amides is 3. The summed E-state index contributed by atoms with van der Waals surface area (Å²) in [5.74, 6) is -3.08. The fourth-order valence-electron chi connectivity index (χ4n) is 8.78. The number of halogens is 2. The summed E-state index contributed by atoms with van der Waals surface area (Å²) in [5, 5.41) is 5.90. The van der Waals surface area contributed by atoms with Crippen molar-refractivity contribution in [2.45, 2.75) is 25.8 Å². The van der Waals surface area contributed by atoms with E-state index in [0.717, 1.165) is 72.9 Å². The van der Waals surface area contributed by atoms with E-state index in [-0.39, 0.29) is 35.2 Å². The smallest absolute Gasteiger partial charge is 0.301 e. The number of aromatic nitrogens is 3. The van der Waals surface area contributed by atoms with Crippen LogP contribution in [0.1, 0.15) is 35.7 Å². The molecule has 4 aliphatic heterocycles. The van der Waals surface area contributed by atoms with Crippen molar-refractivity contribution in [3.8, 4) is 11.1 Å². The van der Waals surface area contributed by atoms with E-state index in [4.69, 9.17) is 4.98 Å². The summed E-state index contributed by atoms with van der Waals surface area (Å²) >= 11 is 0. The molecule has 0 bridgehead atoms. The van der Waals surface area contributed by atoms with E-state index in [1.807, 2.05) is 41.3 Å². The second-order valence-corrected chi connectivity index (χ2v) is 18.7. The average Bonchev–Trinajstić information content (AvgIpc) is 3.69. The maximum Gasteiger partial charge on any atom is 0.301 e. The van der Waals surface area contributed by atoms with E-state index in [1.165, 1.54) is 13.2 Å². The monoisotopic (exact) mass is 895 g/mol. The van der Waals surface area contributed by atoms with Gasteiger partial charge in [-0.1, -0.05) is 6.92 Å². The number of nitrogens with one attached hydrogen (secondary N) is 4. The van der Waals surface area contributed by atoms with Gasteiger partial charge in [-0.05, 0) is 61.0 Å². The van der Waals surface area contributed by atoms with Crippen molar-refractivity contribution in [2.24, 2.45) is 5.41 Å². The van der Waals surface area contributed by atoms with Crippen LogP contribution in [0.5, 0.6) is 0 Å². The summed E-state index contributed by atoms with van der Waals surface area (Å²) in [6.45, 7) is 8.15. The minimum Gasteiger partial charge on any atom is -0.374 e. The Bertz CT molecular complexity index is 2750. The number of likely N-dealkylation sites (tertiary alicyclic amines) is 1. The molecular weight excluding hydrogens is 849 g/mol. The van der Waals surface area contributed by atoms with Crippen molar-refractivity contribution < 1.29 is 36.4 Å². The minimum atomic E-state index is -4.14. The van der Waals surface area contributed by atoms with Crippen LogP contribution >= 0.6 is 0 Å². The fourth-order valence-corrected chi connectivity index (χ4v) is 9.71. The number of imide groups is 1. The van der Waals surface area contributed by atoms with Crippen LogP contribution in [0.2, 0.25) is 0 Å². The number of ketones is 1. The number of aromatic amines is 1. The molecule has 3 aromatic heterocycles. The minimum absolute atomic E-state index is 0.0365. The quantitative estimate of drug-likeness (QED) is 0.0995. The maximum absolute atomic E-state index is 15.6. The lowest BCUT2D eigenvalue weighted by Crippen LogP contribution is -2.73. The van der Waals surface area contributed by atoms with Crippen molar-refractivity contribution >= 4 is 67.6 Å². The van der Waals surface area contributed by atoms with Crippen LogP contribution in [-0.2, 0) is 24.6 Å². The van der Waals surface area contributed by atoms with E-state index in [1.54, 1.807) is 25.4 Å². The van der Waals surface area contributed by atoms with Crippen LogP contribution in [0.15, 0.2) is 73.2 Å². The number of carbonyl (C=O) groups is 4. The van der Waals surface area contributed by atoms with Crippen LogP contribution in [0.3, 0.4) is 0 Å². The molecule has 1 unspecified atom stereocenters. The number of piperidine rings is 1. The molecule has 5 aromatic rings. The lowest BCUT2D eigenvalue weighted by atomic mass is 9.72. The number of hydrogen-bond acceptors (Lipinski definition) is 12.